The van der Waals surface area contributed by atoms with Gasteiger partial charge in [-0.1, -0.05) is 0 Å². The molecule has 66 valence electrons. The molecule has 0 aliphatic carbocycles. The molecule has 1 aliphatic rings. The van der Waals surface area contributed by atoms with E-state index in [-0.39, 0.29) is 6.23 Å². The number of imidazole rings is 1. The van der Waals surface area contributed by atoms with Gasteiger partial charge in [0.15, 0.2) is 0 Å². The van der Waals surface area contributed by atoms with Crippen molar-refractivity contribution < 1.29 is 4.74 Å². The molecule has 1 aromatic heterocycles. The van der Waals surface area contributed by atoms with Crippen molar-refractivity contribution in [2.45, 2.75) is 25.5 Å². The van der Waals surface area contributed by atoms with E-state index in [1.54, 1.807) is 12.5 Å². The van der Waals surface area contributed by atoms with Crippen LogP contribution in [0.1, 0.15) is 25.5 Å². The maximum absolute atomic E-state index is 5.60. The van der Waals surface area contributed by atoms with Crippen LogP contribution in [-0.4, -0.2) is 16.2 Å². The summed E-state index contributed by atoms with van der Waals surface area (Å²) in [5.74, 6) is 0. The van der Waals surface area contributed by atoms with E-state index in [1.165, 1.54) is 12.8 Å². The first-order valence-electron chi connectivity index (χ1n) is 4.17. The van der Waals surface area contributed by atoms with Crippen LogP contribution < -0.4 is 0 Å². The van der Waals surface area contributed by atoms with Gasteiger partial charge in [-0.25, -0.2) is 4.98 Å². The van der Waals surface area contributed by atoms with Gasteiger partial charge in [-0.2, -0.15) is 0 Å². The van der Waals surface area contributed by atoms with Gasteiger partial charge in [-0.3, -0.25) is 4.57 Å². The number of rotatable bonds is 1. The number of ether oxygens (including phenoxy) is 1. The summed E-state index contributed by atoms with van der Waals surface area (Å²) >= 11 is 3.42. The molecule has 0 spiro atoms. The lowest BCUT2D eigenvalue weighted by atomic mass is 10.2. The van der Waals surface area contributed by atoms with Crippen LogP contribution >= 0.6 is 15.9 Å². The molecule has 2 rings (SSSR count). The molecule has 0 N–H and O–H groups in total. The van der Waals surface area contributed by atoms with Crippen LogP contribution in [0.2, 0.25) is 0 Å². The molecule has 2 heterocycles. The molecule has 1 atom stereocenters. The molecule has 12 heavy (non-hydrogen) atoms. The monoisotopic (exact) mass is 230 g/mol. The topological polar surface area (TPSA) is 27.1 Å². The molecule has 0 bridgehead atoms. The van der Waals surface area contributed by atoms with Crippen LogP contribution in [-0.2, 0) is 4.74 Å². The molecule has 1 aliphatic heterocycles. The number of nitrogens with zero attached hydrogens (tertiary/aromatic N) is 2. The largest absolute Gasteiger partial charge is 0.358 e. The van der Waals surface area contributed by atoms with Crippen molar-refractivity contribution in [1.82, 2.24) is 9.55 Å². The zero-order valence-corrected chi connectivity index (χ0v) is 8.33. The lowest BCUT2D eigenvalue weighted by Crippen LogP contribution is -2.17. The molecule has 1 fully saturated rings. The third-order valence-corrected chi connectivity index (χ3v) is 2.70. The smallest absolute Gasteiger partial charge is 0.135 e. The Balaban J connectivity index is 2.13. The third-order valence-electron chi connectivity index (χ3n) is 2.08. The Morgan fingerprint density at radius 1 is 1.58 bits per heavy atom. The summed E-state index contributed by atoms with van der Waals surface area (Å²) in [6.45, 7) is 0.870. The van der Waals surface area contributed by atoms with Crippen LogP contribution in [0.25, 0.3) is 0 Å². The normalized spacial score (nSPS) is 24.2. The van der Waals surface area contributed by atoms with Crippen molar-refractivity contribution >= 4 is 15.9 Å². The minimum absolute atomic E-state index is 0.190. The SMILES string of the molecule is Brc1cncn1C1CCCCO1. The van der Waals surface area contributed by atoms with Crippen LogP contribution in [0.15, 0.2) is 17.1 Å². The first-order valence-corrected chi connectivity index (χ1v) is 4.96. The lowest BCUT2D eigenvalue weighted by Gasteiger charge is -2.24. The van der Waals surface area contributed by atoms with E-state index in [0.717, 1.165) is 17.6 Å². The van der Waals surface area contributed by atoms with Crippen molar-refractivity contribution in [2.75, 3.05) is 6.61 Å². The van der Waals surface area contributed by atoms with E-state index in [2.05, 4.69) is 20.9 Å². The Bertz CT molecular complexity index is 255. The quantitative estimate of drug-likeness (QED) is 0.741. The fourth-order valence-electron chi connectivity index (χ4n) is 1.44. The van der Waals surface area contributed by atoms with Crippen LogP contribution in [0.5, 0.6) is 0 Å². The van der Waals surface area contributed by atoms with Gasteiger partial charge in [0, 0.05) is 6.61 Å². The fourth-order valence-corrected chi connectivity index (χ4v) is 1.88. The average molecular weight is 231 g/mol. The van der Waals surface area contributed by atoms with E-state index in [9.17, 15) is 0 Å². The highest BCUT2D eigenvalue weighted by molar-refractivity contribution is 9.10. The molecule has 1 aromatic rings. The average Bonchev–Trinajstić information content (AvgIpc) is 2.53. The maximum Gasteiger partial charge on any atom is 0.135 e. The summed E-state index contributed by atoms with van der Waals surface area (Å²) in [5, 5.41) is 0. The molecule has 0 radical (unpaired) electrons. The predicted molar refractivity (Wildman–Crippen MR) is 48.8 cm³/mol. The summed E-state index contributed by atoms with van der Waals surface area (Å²) in [5.41, 5.74) is 0. The molecule has 0 aromatic carbocycles. The number of halogens is 1. The van der Waals surface area contributed by atoms with E-state index in [0.29, 0.717) is 0 Å². The summed E-state index contributed by atoms with van der Waals surface area (Å²) in [6, 6.07) is 0. The van der Waals surface area contributed by atoms with Gasteiger partial charge in [0.2, 0.25) is 0 Å². The van der Waals surface area contributed by atoms with Gasteiger partial charge in [0.05, 0.1) is 12.5 Å². The first-order chi connectivity index (χ1) is 5.88. The second-order valence-corrected chi connectivity index (χ2v) is 3.76. The van der Waals surface area contributed by atoms with Gasteiger partial charge in [0.25, 0.3) is 0 Å². The Morgan fingerprint density at radius 3 is 3.08 bits per heavy atom. The minimum Gasteiger partial charge on any atom is -0.358 e. The molecule has 1 unspecified atom stereocenters. The summed E-state index contributed by atoms with van der Waals surface area (Å²) in [4.78, 5) is 4.03. The van der Waals surface area contributed by atoms with Gasteiger partial charge >= 0.3 is 0 Å². The zero-order valence-electron chi connectivity index (χ0n) is 6.74. The standard InChI is InChI=1S/C8H11BrN2O/c9-7-5-10-6-11(7)8-3-1-2-4-12-8/h5-6,8H,1-4H2. The Hall–Kier alpha value is -0.350. The minimum atomic E-state index is 0.190. The highest BCUT2D eigenvalue weighted by Crippen LogP contribution is 2.25. The Morgan fingerprint density at radius 2 is 2.50 bits per heavy atom. The molecule has 4 heteroatoms. The van der Waals surface area contributed by atoms with E-state index >= 15 is 0 Å². The van der Waals surface area contributed by atoms with Crippen molar-refractivity contribution in [3.05, 3.63) is 17.1 Å². The number of aromatic nitrogens is 2. The molecular weight excluding hydrogens is 220 g/mol. The highest BCUT2D eigenvalue weighted by atomic mass is 79.9. The van der Waals surface area contributed by atoms with Gasteiger partial charge in [-0.05, 0) is 35.2 Å². The molecular formula is C8H11BrN2O. The van der Waals surface area contributed by atoms with E-state index in [4.69, 9.17) is 4.74 Å². The molecule has 1 saturated heterocycles. The molecule has 0 amide bonds. The van der Waals surface area contributed by atoms with Crippen molar-refractivity contribution in [2.24, 2.45) is 0 Å². The Kier molecular flexibility index (Phi) is 2.46. The zero-order chi connectivity index (χ0) is 8.39. The fraction of sp³-hybridized carbons (Fsp3) is 0.625. The first kappa shape index (κ1) is 8.26. The van der Waals surface area contributed by atoms with E-state index in [1.807, 2.05) is 4.57 Å². The number of hydrogen-bond donors (Lipinski definition) is 0. The molecule has 3 nitrogen and oxygen atoms in total. The summed E-state index contributed by atoms with van der Waals surface area (Å²) < 4.78 is 8.62. The second-order valence-electron chi connectivity index (χ2n) is 2.94. The third kappa shape index (κ3) is 1.54. The van der Waals surface area contributed by atoms with Crippen LogP contribution in [0.4, 0.5) is 0 Å². The number of hydrogen-bond acceptors (Lipinski definition) is 2. The summed E-state index contributed by atoms with van der Waals surface area (Å²) in [6.07, 6.45) is 7.31. The van der Waals surface area contributed by atoms with Crippen molar-refractivity contribution in [3.8, 4) is 0 Å². The van der Waals surface area contributed by atoms with Crippen molar-refractivity contribution in [3.63, 3.8) is 0 Å². The lowest BCUT2D eigenvalue weighted by molar-refractivity contribution is -0.0332. The highest BCUT2D eigenvalue weighted by Gasteiger charge is 2.16. The van der Waals surface area contributed by atoms with Crippen LogP contribution in [0.3, 0.4) is 0 Å². The van der Waals surface area contributed by atoms with Crippen molar-refractivity contribution in [1.29, 1.82) is 0 Å². The Labute approximate surface area is 79.9 Å². The maximum atomic E-state index is 5.60. The van der Waals surface area contributed by atoms with Gasteiger partial charge in [0.1, 0.15) is 10.8 Å². The summed E-state index contributed by atoms with van der Waals surface area (Å²) in [7, 11) is 0. The molecule has 0 saturated carbocycles. The second kappa shape index (κ2) is 3.58. The van der Waals surface area contributed by atoms with Gasteiger partial charge < -0.3 is 4.74 Å². The van der Waals surface area contributed by atoms with Crippen LogP contribution in [0, 0.1) is 0 Å². The predicted octanol–water partition coefficient (Wildman–Crippen LogP) is 2.34. The van der Waals surface area contributed by atoms with Gasteiger partial charge in [-0.15, -0.1) is 0 Å². The van der Waals surface area contributed by atoms with E-state index < -0.39 is 0 Å².